The first-order valence-corrected chi connectivity index (χ1v) is 8.33. The summed E-state index contributed by atoms with van der Waals surface area (Å²) < 4.78 is 22.4. The van der Waals surface area contributed by atoms with Crippen LogP contribution in [0.5, 0.6) is 0 Å². The monoisotopic (exact) mass is 335 g/mol. The van der Waals surface area contributed by atoms with Gasteiger partial charge in [-0.05, 0) is 18.4 Å². The summed E-state index contributed by atoms with van der Waals surface area (Å²) in [6.07, 6.45) is 1.11. The smallest absolute Gasteiger partial charge is 0.407 e. The van der Waals surface area contributed by atoms with Gasteiger partial charge in [-0.3, -0.25) is 0 Å². The standard InChI is InChI=1S/C18H25NO5/c1-21-18(22-2)14-8-16(9-15(18)12-23-11-14)19-17(20)24-10-13-6-4-3-5-7-13/h3-7,14-16H,8-12H2,1-2H3,(H,19,20). The number of amides is 1. The van der Waals surface area contributed by atoms with Crippen molar-refractivity contribution < 1.29 is 23.7 Å². The lowest BCUT2D eigenvalue weighted by Crippen LogP contribution is -2.61. The van der Waals surface area contributed by atoms with Crippen LogP contribution in [0.25, 0.3) is 0 Å². The van der Waals surface area contributed by atoms with Crippen LogP contribution in [0.15, 0.2) is 30.3 Å². The lowest BCUT2D eigenvalue weighted by molar-refractivity contribution is -0.320. The predicted molar refractivity (Wildman–Crippen MR) is 87.3 cm³/mol. The number of fused-ring (bicyclic) bond motifs is 2. The first-order chi connectivity index (χ1) is 11.7. The quantitative estimate of drug-likeness (QED) is 0.837. The third-order valence-electron chi connectivity index (χ3n) is 5.09. The number of hydrogen-bond donors (Lipinski definition) is 1. The van der Waals surface area contributed by atoms with E-state index in [4.69, 9.17) is 18.9 Å². The molecule has 2 aliphatic rings. The number of hydrogen-bond acceptors (Lipinski definition) is 5. The number of rotatable bonds is 5. The van der Waals surface area contributed by atoms with Gasteiger partial charge in [0.1, 0.15) is 6.61 Å². The van der Waals surface area contributed by atoms with Gasteiger partial charge in [-0.2, -0.15) is 0 Å². The van der Waals surface area contributed by atoms with E-state index in [1.165, 1.54) is 0 Å². The summed E-state index contributed by atoms with van der Waals surface area (Å²) in [5.74, 6) is -0.413. The summed E-state index contributed by atoms with van der Waals surface area (Å²) in [5.41, 5.74) is 0.972. The van der Waals surface area contributed by atoms with E-state index < -0.39 is 5.79 Å². The van der Waals surface area contributed by atoms with Gasteiger partial charge in [-0.25, -0.2) is 4.79 Å². The van der Waals surface area contributed by atoms with E-state index in [0.29, 0.717) is 13.2 Å². The van der Waals surface area contributed by atoms with Gasteiger partial charge >= 0.3 is 6.09 Å². The summed E-state index contributed by atoms with van der Waals surface area (Å²) in [5, 5.41) is 2.98. The van der Waals surface area contributed by atoms with E-state index in [0.717, 1.165) is 18.4 Å². The van der Waals surface area contributed by atoms with E-state index in [9.17, 15) is 4.79 Å². The van der Waals surface area contributed by atoms with Crippen molar-refractivity contribution in [3.05, 3.63) is 35.9 Å². The molecule has 132 valence electrons. The van der Waals surface area contributed by atoms with Crippen LogP contribution in [0.4, 0.5) is 4.79 Å². The minimum atomic E-state index is -0.607. The zero-order chi connectivity index (χ0) is 17.0. The molecule has 1 amide bonds. The molecule has 1 aromatic carbocycles. The van der Waals surface area contributed by atoms with Crippen molar-refractivity contribution >= 4 is 6.09 Å². The molecule has 6 nitrogen and oxygen atoms in total. The predicted octanol–water partition coefficient (Wildman–Crippen LogP) is 2.33. The second-order valence-corrected chi connectivity index (χ2v) is 6.44. The summed E-state index contributed by atoms with van der Waals surface area (Å²) >= 11 is 0. The first-order valence-electron chi connectivity index (χ1n) is 8.33. The van der Waals surface area contributed by atoms with Gasteiger partial charge in [0.15, 0.2) is 5.79 Å². The van der Waals surface area contributed by atoms with E-state index in [-0.39, 0.29) is 30.6 Å². The minimum Gasteiger partial charge on any atom is -0.445 e. The highest BCUT2D eigenvalue weighted by atomic mass is 16.7. The van der Waals surface area contributed by atoms with Crippen molar-refractivity contribution in [2.24, 2.45) is 11.8 Å². The number of ether oxygens (including phenoxy) is 4. The van der Waals surface area contributed by atoms with E-state index in [1.807, 2.05) is 30.3 Å². The van der Waals surface area contributed by atoms with Gasteiger partial charge in [0, 0.05) is 32.1 Å². The molecule has 3 rings (SSSR count). The maximum Gasteiger partial charge on any atom is 0.407 e. The van der Waals surface area contributed by atoms with Gasteiger partial charge in [0.25, 0.3) is 0 Å². The van der Waals surface area contributed by atoms with Crippen LogP contribution in [0, 0.1) is 11.8 Å². The summed E-state index contributed by atoms with van der Waals surface area (Å²) in [7, 11) is 3.35. The molecule has 2 bridgehead atoms. The maximum absolute atomic E-state index is 12.1. The topological polar surface area (TPSA) is 66.0 Å². The van der Waals surface area contributed by atoms with Crippen LogP contribution in [0.1, 0.15) is 18.4 Å². The van der Waals surface area contributed by atoms with Crippen molar-refractivity contribution in [3.8, 4) is 0 Å². The Hall–Kier alpha value is -1.63. The first kappa shape index (κ1) is 17.2. The van der Waals surface area contributed by atoms with Gasteiger partial charge in [-0.1, -0.05) is 30.3 Å². The Morgan fingerprint density at radius 2 is 1.79 bits per heavy atom. The third-order valence-corrected chi connectivity index (χ3v) is 5.09. The fourth-order valence-corrected chi connectivity index (χ4v) is 3.97. The molecular weight excluding hydrogens is 310 g/mol. The van der Waals surface area contributed by atoms with Crippen molar-refractivity contribution in [1.82, 2.24) is 5.32 Å². The van der Waals surface area contributed by atoms with Crippen LogP contribution in [-0.4, -0.2) is 45.4 Å². The van der Waals surface area contributed by atoms with Crippen molar-refractivity contribution in [2.75, 3.05) is 27.4 Å². The van der Waals surface area contributed by atoms with Gasteiger partial charge in [0.2, 0.25) is 0 Å². The zero-order valence-electron chi connectivity index (χ0n) is 14.2. The van der Waals surface area contributed by atoms with E-state index in [2.05, 4.69) is 5.32 Å². The van der Waals surface area contributed by atoms with Crippen LogP contribution >= 0.6 is 0 Å². The Bertz CT molecular complexity index is 530. The average molecular weight is 335 g/mol. The lowest BCUT2D eigenvalue weighted by Gasteiger charge is -2.52. The Labute approximate surface area is 142 Å². The average Bonchev–Trinajstić information content (AvgIpc) is 2.60. The molecule has 1 aliphatic heterocycles. The Balaban J connectivity index is 1.54. The van der Waals surface area contributed by atoms with Crippen LogP contribution in [0.3, 0.4) is 0 Å². The van der Waals surface area contributed by atoms with Gasteiger partial charge in [-0.15, -0.1) is 0 Å². The normalized spacial score (nSPS) is 28.2. The second kappa shape index (κ2) is 7.51. The molecule has 0 radical (unpaired) electrons. The molecule has 1 aromatic rings. The number of nitrogens with one attached hydrogen (secondary N) is 1. The number of carbonyl (C=O) groups is 1. The second-order valence-electron chi connectivity index (χ2n) is 6.44. The lowest BCUT2D eigenvalue weighted by atomic mass is 9.72. The molecule has 24 heavy (non-hydrogen) atoms. The summed E-state index contributed by atoms with van der Waals surface area (Å²) in [6, 6.07) is 9.69. The fraction of sp³-hybridized carbons (Fsp3) is 0.611. The fourth-order valence-electron chi connectivity index (χ4n) is 3.97. The molecule has 1 heterocycles. The number of carbonyl (C=O) groups excluding carboxylic acids is 1. The van der Waals surface area contributed by atoms with E-state index >= 15 is 0 Å². The van der Waals surface area contributed by atoms with Gasteiger partial charge < -0.3 is 24.3 Å². The van der Waals surface area contributed by atoms with Crippen molar-refractivity contribution in [2.45, 2.75) is 31.3 Å². The highest BCUT2D eigenvalue weighted by Crippen LogP contribution is 2.44. The molecule has 1 saturated carbocycles. The molecule has 2 atom stereocenters. The Morgan fingerprint density at radius 1 is 1.17 bits per heavy atom. The molecule has 6 heteroatoms. The van der Waals surface area contributed by atoms with Crippen LogP contribution in [-0.2, 0) is 25.6 Å². The maximum atomic E-state index is 12.1. The number of alkyl carbamates (subject to hydrolysis) is 1. The van der Waals surface area contributed by atoms with Gasteiger partial charge in [0.05, 0.1) is 13.2 Å². The Morgan fingerprint density at radius 3 is 2.38 bits per heavy atom. The Kier molecular flexibility index (Phi) is 5.38. The molecule has 1 saturated heterocycles. The third kappa shape index (κ3) is 3.41. The zero-order valence-corrected chi connectivity index (χ0v) is 14.2. The van der Waals surface area contributed by atoms with Crippen LogP contribution < -0.4 is 5.32 Å². The molecule has 1 aliphatic carbocycles. The van der Waals surface area contributed by atoms with Crippen molar-refractivity contribution in [3.63, 3.8) is 0 Å². The highest BCUT2D eigenvalue weighted by molar-refractivity contribution is 5.67. The minimum absolute atomic E-state index is 0.0469. The number of benzene rings is 1. The van der Waals surface area contributed by atoms with Crippen LogP contribution in [0.2, 0.25) is 0 Å². The largest absolute Gasteiger partial charge is 0.445 e. The van der Waals surface area contributed by atoms with Crippen molar-refractivity contribution in [1.29, 1.82) is 0 Å². The molecule has 2 unspecified atom stereocenters. The molecule has 0 spiro atoms. The SMILES string of the molecule is COC1(OC)C2COCC1CC(NC(=O)OCc1ccccc1)C2. The highest BCUT2D eigenvalue weighted by Gasteiger charge is 2.54. The number of methoxy groups -OCH3 is 2. The molecule has 2 fully saturated rings. The summed E-state index contributed by atoms with van der Waals surface area (Å²) in [4.78, 5) is 12.1. The molecule has 1 N–H and O–H groups in total. The molecule has 0 aromatic heterocycles. The van der Waals surface area contributed by atoms with E-state index in [1.54, 1.807) is 14.2 Å². The molecular formula is C18H25NO5. The summed E-state index contributed by atoms with van der Waals surface area (Å²) in [6.45, 7) is 1.43.